The number of amides is 1. The van der Waals surface area contributed by atoms with E-state index in [-0.39, 0.29) is 25.1 Å². The van der Waals surface area contributed by atoms with Crippen LogP contribution in [0, 0.1) is 0 Å². The quantitative estimate of drug-likeness (QED) is 0.0205. The van der Waals surface area contributed by atoms with Crippen molar-refractivity contribution in [1.29, 1.82) is 0 Å². The van der Waals surface area contributed by atoms with Crippen molar-refractivity contribution < 1.29 is 37.3 Å². The fourth-order valence-electron chi connectivity index (χ4n) is 8.76. The van der Waals surface area contributed by atoms with Crippen molar-refractivity contribution in [2.75, 3.05) is 40.9 Å². The number of hydrogen-bond acceptors (Lipinski definition) is 6. The summed E-state index contributed by atoms with van der Waals surface area (Å²) in [6.45, 7) is 7.03. The summed E-state index contributed by atoms with van der Waals surface area (Å²) in [6, 6.07) is -0.841. The topological polar surface area (TPSA) is 111 Å². The summed E-state index contributed by atoms with van der Waals surface area (Å²) in [6.07, 6.45) is 57.4. The van der Waals surface area contributed by atoms with Gasteiger partial charge in [0.2, 0.25) is 5.91 Å². The van der Waals surface area contributed by atoms with Crippen molar-refractivity contribution >= 4 is 19.7 Å². The van der Waals surface area contributed by atoms with Gasteiger partial charge in [0.05, 0.1) is 33.8 Å². The Kier molecular flexibility index (Phi) is 48.9. The van der Waals surface area contributed by atoms with Gasteiger partial charge in [-0.15, -0.1) is 0 Å². The summed E-state index contributed by atoms with van der Waals surface area (Å²) in [5.74, 6) is -0.495. The van der Waals surface area contributed by atoms with Gasteiger partial charge in [-0.3, -0.25) is 18.6 Å². The van der Waals surface area contributed by atoms with Gasteiger partial charge in [-0.2, -0.15) is 0 Å². The zero-order chi connectivity index (χ0) is 50.8. The van der Waals surface area contributed by atoms with E-state index in [4.69, 9.17) is 13.8 Å². The number of carbonyl (C=O) groups is 2. The molecular formula is C59H116N2O7P+. The molecular weight excluding hydrogens is 880 g/mol. The molecule has 0 saturated heterocycles. The summed E-state index contributed by atoms with van der Waals surface area (Å²) in [5.41, 5.74) is 0. The molecule has 2 N–H and O–H groups in total. The summed E-state index contributed by atoms with van der Waals surface area (Å²) >= 11 is 0. The van der Waals surface area contributed by atoms with Crippen LogP contribution in [0.4, 0.5) is 0 Å². The minimum atomic E-state index is -4.44. The number of quaternary nitrogens is 1. The third-order valence-electron chi connectivity index (χ3n) is 13.4. The van der Waals surface area contributed by atoms with Crippen LogP contribution in [-0.4, -0.2) is 74.3 Å². The normalized spacial score (nSPS) is 13.9. The molecule has 0 aliphatic heterocycles. The number of unbranched alkanes of at least 4 members (excludes halogenated alkanes) is 36. The minimum absolute atomic E-state index is 0.0433. The van der Waals surface area contributed by atoms with E-state index < -0.39 is 20.0 Å². The van der Waals surface area contributed by atoms with Crippen molar-refractivity contribution in [3.8, 4) is 0 Å². The number of rotatable bonds is 54. The molecule has 0 spiro atoms. The van der Waals surface area contributed by atoms with Crippen LogP contribution in [0.15, 0.2) is 24.3 Å². The Hall–Kier alpha value is -1.51. The van der Waals surface area contributed by atoms with Gasteiger partial charge in [0.1, 0.15) is 19.3 Å². The number of allylic oxidation sites excluding steroid dienone is 3. The molecule has 0 heterocycles. The first-order valence-corrected chi connectivity index (χ1v) is 31.2. The van der Waals surface area contributed by atoms with Crippen LogP contribution in [0.5, 0.6) is 0 Å². The minimum Gasteiger partial charge on any atom is -0.456 e. The molecule has 3 unspecified atom stereocenters. The second-order valence-electron chi connectivity index (χ2n) is 21.5. The molecule has 0 aromatic heterocycles. The van der Waals surface area contributed by atoms with Crippen molar-refractivity contribution in [3.05, 3.63) is 24.3 Å². The summed E-state index contributed by atoms with van der Waals surface area (Å²) in [4.78, 5) is 37.6. The third kappa shape index (κ3) is 51.2. The van der Waals surface area contributed by atoms with Crippen LogP contribution in [0.3, 0.4) is 0 Å². The number of nitrogens with one attached hydrogen (secondary N) is 1. The Bertz CT molecular complexity index is 1240. The lowest BCUT2D eigenvalue weighted by molar-refractivity contribution is -0.870. The Balaban J connectivity index is 5.26. The van der Waals surface area contributed by atoms with Crippen molar-refractivity contribution in [2.24, 2.45) is 0 Å². The molecule has 0 aliphatic rings. The lowest BCUT2D eigenvalue weighted by atomic mass is 10.0. The highest BCUT2D eigenvalue weighted by Gasteiger charge is 2.30. The summed E-state index contributed by atoms with van der Waals surface area (Å²) < 4.78 is 30.6. The van der Waals surface area contributed by atoms with E-state index >= 15 is 0 Å². The Morgan fingerprint density at radius 2 is 0.841 bits per heavy atom. The molecule has 3 atom stereocenters. The van der Waals surface area contributed by atoms with Crippen LogP contribution in [0.2, 0.25) is 0 Å². The number of ether oxygens (including phenoxy) is 1. The van der Waals surface area contributed by atoms with Crippen LogP contribution in [0.1, 0.15) is 290 Å². The second-order valence-corrected chi connectivity index (χ2v) is 23.0. The van der Waals surface area contributed by atoms with Gasteiger partial charge in [0.15, 0.2) is 0 Å². The van der Waals surface area contributed by atoms with E-state index in [2.05, 4.69) is 38.2 Å². The average molecular weight is 997 g/mol. The van der Waals surface area contributed by atoms with E-state index in [1.807, 2.05) is 33.3 Å². The predicted molar refractivity (Wildman–Crippen MR) is 296 cm³/mol. The molecule has 1 amide bonds. The Labute approximate surface area is 428 Å². The van der Waals surface area contributed by atoms with Gasteiger partial charge in [-0.05, 0) is 57.4 Å². The number of phosphoric acid groups is 1. The fraction of sp³-hybridized carbons (Fsp3) is 0.898. The zero-order valence-electron chi connectivity index (χ0n) is 46.6. The smallest absolute Gasteiger partial charge is 0.456 e. The number of carbonyl (C=O) groups excluding carboxylic acids is 2. The van der Waals surface area contributed by atoms with Gasteiger partial charge in [0.25, 0.3) is 0 Å². The van der Waals surface area contributed by atoms with E-state index in [1.165, 1.54) is 199 Å². The standard InChI is InChI=1S/C59H115N2O7P/c1-7-10-13-16-19-22-25-27-28-29-30-31-32-34-37-40-43-46-49-52-59(63)68-57(50-47-44-41-38-36-33-26-23-20-17-14-11-8-2)56(55-67-69(64,65)66-54-53-61(4,5)6)60-58(62)51-48-45-42-39-35-24-21-18-15-12-9-3/h27-28,47,50,56-57H,7-26,29-46,48-49,51-55H2,1-6H3,(H-,60,62,64,65)/p+1/b28-27+,50-47-. The first kappa shape index (κ1) is 67.5. The molecule has 0 saturated carbocycles. The number of phosphoric ester groups is 1. The van der Waals surface area contributed by atoms with Crippen molar-refractivity contribution in [2.45, 2.75) is 303 Å². The summed E-state index contributed by atoms with van der Waals surface area (Å²) in [5, 5.41) is 3.05. The van der Waals surface area contributed by atoms with Gasteiger partial charge in [-0.1, -0.05) is 244 Å². The third-order valence-corrected chi connectivity index (χ3v) is 14.4. The maximum atomic E-state index is 13.5. The maximum absolute atomic E-state index is 13.5. The number of hydrogen-bond donors (Lipinski definition) is 2. The summed E-state index contributed by atoms with van der Waals surface area (Å²) in [7, 11) is 1.51. The van der Waals surface area contributed by atoms with Gasteiger partial charge < -0.3 is 19.4 Å². The van der Waals surface area contributed by atoms with E-state index in [1.54, 1.807) is 0 Å². The van der Waals surface area contributed by atoms with E-state index in [0.717, 1.165) is 57.8 Å². The predicted octanol–water partition coefficient (Wildman–Crippen LogP) is 17.8. The first-order chi connectivity index (χ1) is 33.4. The molecule has 0 radical (unpaired) electrons. The molecule has 408 valence electrons. The zero-order valence-corrected chi connectivity index (χ0v) is 47.5. The second kappa shape index (κ2) is 50.0. The number of esters is 1. The fourth-order valence-corrected chi connectivity index (χ4v) is 9.50. The van der Waals surface area contributed by atoms with Crippen LogP contribution in [-0.2, 0) is 27.9 Å². The average Bonchev–Trinajstić information content (AvgIpc) is 3.31. The number of likely N-dealkylation sites (N-methyl/N-ethyl adjacent to an activating group) is 1. The van der Waals surface area contributed by atoms with E-state index in [9.17, 15) is 19.0 Å². The van der Waals surface area contributed by atoms with Crippen molar-refractivity contribution in [1.82, 2.24) is 5.32 Å². The Morgan fingerprint density at radius 3 is 1.23 bits per heavy atom. The highest BCUT2D eigenvalue weighted by molar-refractivity contribution is 7.47. The SMILES string of the molecule is CCCCCCCC/C=C/CCCCCCCCCCCC(=O)OC(/C=C\CCCCCCCCCCCCC)C(COP(=O)(O)OCC[N+](C)(C)C)NC(=O)CCCCCCCCCCCCC. The largest absolute Gasteiger partial charge is 0.472 e. The molecule has 69 heavy (non-hydrogen) atoms. The van der Waals surface area contributed by atoms with E-state index in [0.29, 0.717) is 23.9 Å². The first-order valence-electron chi connectivity index (χ1n) is 29.7. The molecule has 0 aromatic rings. The molecule has 10 heteroatoms. The molecule has 0 aromatic carbocycles. The van der Waals surface area contributed by atoms with Crippen LogP contribution < -0.4 is 5.32 Å². The maximum Gasteiger partial charge on any atom is 0.472 e. The molecule has 0 aliphatic carbocycles. The lowest BCUT2D eigenvalue weighted by Gasteiger charge is -2.27. The van der Waals surface area contributed by atoms with Gasteiger partial charge in [-0.25, -0.2) is 4.57 Å². The Morgan fingerprint density at radius 1 is 0.493 bits per heavy atom. The van der Waals surface area contributed by atoms with Gasteiger partial charge >= 0.3 is 13.8 Å². The molecule has 0 fully saturated rings. The monoisotopic (exact) mass is 996 g/mol. The van der Waals surface area contributed by atoms with Gasteiger partial charge in [0, 0.05) is 12.8 Å². The molecule has 9 nitrogen and oxygen atoms in total. The molecule has 0 rings (SSSR count). The number of nitrogens with zero attached hydrogens (tertiary/aromatic N) is 1. The van der Waals surface area contributed by atoms with Crippen LogP contribution in [0.25, 0.3) is 0 Å². The molecule has 0 bridgehead atoms. The highest BCUT2D eigenvalue weighted by atomic mass is 31.2. The van der Waals surface area contributed by atoms with Crippen molar-refractivity contribution in [3.63, 3.8) is 0 Å². The lowest BCUT2D eigenvalue weighted by Crippen LogP contribution is -2.47. The van der Waals surface area contributed by atoms with Crippen LogP contribution >= 0.6 is 7.82 Å². The highest BCUT2D eigenvalue weighted by Crippen LogP contribution is 2.43.